The van der Waals surface area contributed by atoms with Crippen LogP contribution in [0.4, 0.5) is 4.79 Å². The molecule has 1 aromatic carbocycles. The number of benzene rings is 1. The molecule has 2 atom stereocenters. The van der Waals surface area contributed by atoms with E-state index in [0.29, 0.717) is 18.7 Å². The van der Waals surface area contributed by atoms with Crippen LogP contribution in [0.25, 0.3) is 0 Å². The van der Waals surface area contributed by atoms with Gasteiger partial charge < -0.3 is 14.4 Å². The van der Waals surface area contributed by atoms with Gasteiger partial charge in [-0.15, -0.1) is 0 Å². The fraction of sp³-hybridized carbons (Fsp3) is 0.650. The minimum Gasteiger partial charge on any atom is -0.495 e. The molecule has 1 saturated heterocycles. The van der Waals surface area contributed by atoms with E-state index >= 15 is 0 Å². The van der Waals surface area contributed by atoms with Crippen LogP contribution >= 0.6 is 15.9 Å². The first-order valence-electron chi connectivity index (χ1n) is 9.38. The molecule has 0 bridgehead atoms. The van der Waals surface area contributed by atoms with Crippen molar-refractivity contribution >= 4 is 31.9 Å². The van der Waals surface area contributed by atoms with Gasteiger partial charge in [0.2, 0.25) is 0 Å². The molecule has 1 aromatic rings. The van der Waals surface area contributed by atoms with Gasteiger partial charge in [-0.25, -0.2) is 13.2 Å². The van der Waals surface area contributed by atoms with Crippen molar-refractivity contribution in [1.29, 1.82) is 0 Å². The van der Waals surface area contributed by atoms with Crippen LogP contribution < -0.4 is 4.74 Å². The largest absolute Gasteiger partial charge is 0.495 e. The summed E-state index contributed by atoms with van der Waals surface area (Å²) < 4.78 is 37.4. The minimum absolute atomic E-state index is 0.353. The molecule has 2 fully saturated rings. The number of halogens is 1. The maximum absolute atomic E-state index is 12.9. The van der Waals surface area contributed by atoms with Crippen molar-refractivity contribution in [2.75, 3.05) is 19.9 Å². The van der Waals surface area contributed by atoms with Gasteiger partial charge in [-0.2, -0.15) is 0 Å². The van der Waals surface area contributed by atoms with Crippen LogP contribution in [0.2, 0.25) is 0 Å². The third-order valence-electron chi connectivity index (χ3n) is 5.50. The molecular formula is C20H28BrNO5S. The summed E-state index contributed by atoms with van der Waals surface area (Å²) in [7, 11) is -1.78. The number of carbonyl (C=O) groups excluding carboxylic acids is 1. The summed E-state index contributed by atoms with van der Waals surface area (Å²) in [5.74, 6) is 0.663. The molecule has 1 amide bonds. The highest BCUT2D eigenvalue weighted by molar-refractivity contribution is 9.10. The number of methoxy groups -OCH3 is 1. The fourth-order valence-electron chi connectivity index (χ4n) is 4.37. The van der Waals surface area contributed by atoms with Gasteiger partial charge in [0, 0.05) is 18.2 Å². The number of sulfone groups is 1. The molecule has 8 heteroatoms. The SMILES string of the molecule is COc1c(Br)cccc1CC1C(S(C)(=O)=O)C2(CC2)CN1C(=O)OC(C)(C)C. The van der Waals surface area contributed by atoms with E-state index in [9.17, 15) is 13.2 Å². The summed E-state index contributed by atoms with van der Waals surface area (Å²) in [6.45, 7) is 5.86. The molecule has 0 N–H and O–H groups in total. The van der Waals surface area contributed by atoms with Gasteiger partial charge in [0.15, 0.2) is 9.84 Å². The molecule has 1 spiro atoms. The van der Waals surface area contributed by atoms with Crippen LogP contribution in [-0.2, 0) is 21.0 Å². The Morgan fingerprint density at radius 2 is 1.96 bits per heavy atom. The zero-order valence-electron chi connectivity index (χ0n) is 17.0. The molecular weight excluding hydrogens is 446 g/mol. The van der Waals surface area contributed by atoms with E-state index in [1.807, 2.05) is 39.0 Å². The summed E-state index contributed by atoms with van der Waals surface area (Å²) >= 11 is 3.48. The van der Waals surface area contributed by atoms with Crippen molar-refractivity contribution in [3.8, 4) is 5.75 Å². The first-order chi connectivity index (χ1) is 12.9. The maximum atomic E-state index is 12.9. The summed E-state index contributed by atoms with van der Waals surface area (Å²) in [6, 6.07) is 5.18. The Bertz CT molecular complexity index is 873. The van der Waals surface area contributed by atoms with Gasteiger partial charge in [0.25, 0.3) is 0 Å². The predicted molar refractivity (Wildman–Crippen MR) is 111 cm³/mol. The normalized spacial score (nSPS) is 23.7. The highest BCUT2D eigenvalue weighted by Crippen LogP contribution is 2.58. The predicted octanol–water partition coefficient (Wildman–Crippen LogP) is 3.81. The minimum atomic E-state index is -3.36. The van der Waals surface area contributed by atoms with E-state index in [0.717, 1.165) is 22.9 Å². The van der Waals surface area contributed by atoms with Gasteiger partial charge in [0.05, 0.1) is 22.9 Å². The Kier molecular flexibility index (Phi) is 5.51. The molecule has 1 saturated carbocycles. The van der Waals surface area contributed by atoms with Crippen LogP contribution in [0.15, 0.2) is 22.7 Å². The summed E-state index contributed by atoms with van der Waals surface area (Å²) in [5.41, 5.74) is -0.134. The molecule has 1 aliphatic heterocycles. The first kappa shape index (κ1) is 21.4. The first-order valence-corrected chi connectivity index (χ1v) is 12.1. The number of ether oxygens (including phenoxy) is 2. The Labute approximate surface area is 175 Å². The standard InChI is InChI=1S/C20H28BrNO5S/c1-19(2,3)27-18(23)22-12-20(9-10-20)17(28(5,24)25)15(22)11-13-7-6-8-14(21)16(13)26-4/h6-8,15,17H,9-12H2,1-5H3. The molecule has 1 heterocycles. The third-order valence-corrected chi connectivity index (χ3v) is 7.86. The van der Waals surface area contributed by atoms with Gasteiger partial charge in [-0.1, -0.05) is 12.1 Å². The average molecular weight is 474 g/mol. The number of likely N-dealkylation sites (tertiary alicyclic amines) is 1. The number of para-hydroxylation sites is 1. The van der Waals surface area contributed by atoms with Crippen LogP contribution in [-0.4, -0.2) is 56.2 Å². The lowest BCUT2D eigenvalue weighted by molar-refractivity contribution is 0.0220. The smallest absolute Gasteiger partial charge is 0.410 e. The van der Waals surface area contributed by atoms with Gasteiger partial charge in [-0.3, -0.25) is 0 Å². The molecule has 3 rings (SSSR count). The van der Waals surface area contributed by atoms with E-state index < -0.39 is 32.8 Å². The number of rotatable bonds is 4. The van der Waals surface area contributed by atoms with Crippen LogP contribution in [0.5, 0.6) is 5.75 Å². The molecule has 0 aromatic heterocycles. The molecule has 6 nitrogen and oxygen atoms in total. The van der Waals surface area contributed by atoms with Crippen molar-refractivity contribution < 1.29 is 22.7 Å². The molecule has 1 aliphatic carbocycles. The quantitative estimate of drug-likeness (QED) is 0.664. The summed E-state index contributed by atoms with van der Waals surface area (Å²) in [4.78, 5) is 14.6. The molecule has 156 valence electrons. The van der Waals surface area contributed by atoms with Crippen molar-refractivity contribution in [3.63, 3.8) is 0 Å². The van der Waals surface area contributed by atoms with Gasteiger partial charge >= 0.3 is 6.09 Å². The van der Waals surface area contributed by atoms with Crippen molar-refractivity contribution in [3.05, 3.63) is 28.2 Å². The second kappa shape index (κ2) is 7.20. The van der Waals surface area contributed by atoms with E-state index in [-0.39, 0.29) is 5.41 Å². The lowest BCUT2D eigenvalue weighted by atomic mass is 9.97. The summed E-state index contributed by atoms with van der Waals surface area (Å²) in [6.07, 6.45) is 2.85. The number of hydrogen-bond acceptors (Lipinski definition) is 5. The zero-order valence-corrected chi connectivity index (χ0v) is 19.4. The third kappa shape index (κ3) is 4.17. The lowest BCUT2D eigenvalue weighted by Crippen LogP contribution is -2.45. The fourth-order valence-corrected chi connectivity index (χ4v) is 6.97. The van der Waals surface area contributed by atoms with Crippen molar-refractivity contribution in [2.45, 2.75) is 56.9 Å². The average Bonchev–Trinajstić information content (AvgIpc) is 3.20. The topological polar surface area (TPSA) is 72.9 Å². The second-order valence-electron chi connectivity index (χ2n) is 8.92. The molecule has 28 heavy (non-hydrogen) atoms. The van der Waals surface area contributed by atoms with E-state index in [4.69, 9.17) is 9.47 Å². The molecule has 0 radical (unpaired) electrons. The highest BCUT2D eigenvalue weighted by Gasteiger charge is 2.64. The molecule has 2 aliphatic rings. The Morgan fingerprint density at radius 1 is 1.32 bits per heavy atom. The maximum Gasteiger partial charge on any atom is 0.410 e. The van der Waals surface area contributed by atoms with Crippen molar-refractivity contribution in [2.24, 2.45) is 5.41 Å². The Morgan fingerprint density at radius 3 is 2.46 bits per heavy atom. The van der Waals surface area contributed by atoms with E-state index in [1.165, 1.54) is 6.26 Å². The summed E-state index contributed by atoms with van der Waals surface area (Å²) in [5, 5.41) is -0.601. The van der Waals surface area contributed by atoms with Crippen LogP contribution in [0, 0.1) is 5.41 Å². The number of amides is 1. The molecule has 2 unspecified atom stereocenters. The highest BCUT2D eigenvalue weighted by atomic mass is 79.9. The zero-order chi connectivity index (χ0) is 20.9. The van der Waals surface area contributed by atoms with Crippen LogP contribution in [0.1, 0.15) is 39.2 Å². The van der Waals surface area contributed by atoms with Gasteiger partial charge in [0.1, 0.15) is 11.4 Å². The number of nitrogens with zero attached hydrogens (tertiary/aromatic N) is 1. The Hall–Kier alpha value is -1.28. The van der Waals surface area contributed by atoms with E-state index in [1.54, 1.807) is 12.0 Å². The second-order valence-corrected chi connectivity index (χ2v) is 11.9. The number of carbonyl (C=O) groups is 1. The number of hydrogen-bond donors (Lipinski definition) is 0. The monoisotopic (exact) mass is 473 g/mol. The van der Waals surface area contributed by atoms with Crippen molar-refractivity contribution in [1.82, 2.24) is 4.90 Å². The van der Waals surface area contributed by atoms with Crippen LogP contribution in [0.3, 0.4) is 0 Å². The van der Waals surface area contributed by atoms with Gasteiger partial charge in [-0.05, 0) is 67.6 Å². The van der Waals surface area contributed by atoms with E-state index in [2.05, 4.69) is 15.9 Å². The Balaban J connectivity index is 2.01. The lowest BCUT2D eigenvalue weighted by Gasteiger charge is -2.30.